The van der Waals surface area contributed by atoms with Crippen molar-refractivity contribution in [1.29, 1.82) is 0 Å². The summed E-state index contributed by atoms with van der Waals surface area (Å²) in [6, 6.07) is 8.50. The molecule has 166 valence electrons. The molecule has 2 aromatic carbocycles. The van der Waals surface area contributed by atoms with Gasteiger partial charge in [0.25, 0.3) is 10.0 Å². The maximum Gasteiger partial charge on any atom is 0.265 e. The van der Waals surface area contributed by atoms with Crippen molar-refractivity contribution in [1.82, 2.24) is 4.90 Å². The van der Waals surface area contributed by atoms with Gasteiger partial charge in [-0.15, -0.1) is 0 Å². The van der Waals surface area contributed by atoms with Crippen LogP contribution in [0.2, 0.25) is 5.02 Å². The van der Waals surface area contributed by atoms with Crippen molar-refractivity contribution < 1.29 is 21.6 Å². The first-order valence-corrected chi connectivity index (χ1v) is 13.4. The molecule has 2 aromatic rings. The van der Waals surface area contributed by atoms with Crippen LogP contribution in [0, 0.1) is 0 Å². The van der Waals surface area contributed by atoms with E-state index >= 15 is 0 Å². The number of nitrogens with zero attached hydrogens (tertiary/aromatic N) is 1. The summed E-state index contributed by atoms with van der Waals surface area (Å²) in [6.07, 6.45) is 0. The minimum absolute atomic E-state index is 0.0407. The molecule has 0 aliphatic rings. The van der Waals surface area contributed by atoms with Crippen LogP contribution in [0.25, 0.3) is 0 Å². The fraction of sp³-hybridized carbons (Fsp3) is 0.368. The predicted octanol–water partition coefficient (Wildman–Crippen LogP) is 4.03. The van der Waals surface area contributed by atoms with Crippen LogP contribution in [-0.2, 0) is 19.9 Å². The van der Waals surface area contributed by atoms with E-state index in [1.54, 1.807) is 6.07 Å². The highest BCUT2D eigenvalue weighted by atomic mass is 79.9. The van der Waals surface area contributed by atoms with Crippen LogP contribution < -0.4 is 9.46 Å². The Balaban J connectivity index is 2.36. The molecule has 0 heterocycles. The summed E-state index contributed by atoms with van der Waals surface area (Å²) < 4.78 is 59.4. The monoisotopic (exact) mass is 538 g/mol. The summed E-state index contributed by atoms with van der Waals surface area (Å²) >= 11 is 9.33. The summed E-state index contributed by atoms with van der Waals surface area (Å²) in [5.74, 6) is 0.0560. The van der Waals surface area contributed by atoms with Crippen molar-refractivity contribution in [2.45, 2.75) is 23.6 Å². The van der Waals surface area contributed by atoms with Gasteiger partial charge in [-0.3, -0.25) is 4.72 Å². The fourth-order valence-corrected chi connectivity index (χ4v) is 6.18. The van der Waals surface area contributed by atoms with E-state index in [9.17, 15) is 16.8 Å². The molecule has 30 heavy (non-hydrogen) atoms. The summed E-state index contributed by atoms with van der Waals surface area (Å²) in [5.41, 5.74) is 0.0472. The second-order valence-corrected chi connectivity index (χ2v) is 11.5. The molecule has 0 aliphatic heterocycles. The SMILES string of the molecule is CCN(CC)CCS(=O)(=O)c1cc(Cl)cc(NS(=O)(=O)c2cc(Br)ccc2OC)c1. The van der Waals surface area contributed by atoms with Crippen molar-refractivity contribution in [2.24, 2.45) is 0 Å². The van der Waals surface area contributed by atoms with Gasteiger partial charge in [0, 0.05) is 16.0 Å². The number of benzene rings is 2. The van der Waals surface area contributed by atoms with E-state index in [1.165, 1.54) is 37.4 Å². The van der Waals surface area contributed by atoms with Crippen LogP contribution in [0.5, 0.6) is 5.75 Å². The second kappa shape index (κ2) is 10.3. The molecule has 11 heteroatoms. The Kier molecular flexibility index (Phi) is 8.58. The Morgan fingerprint density at radius 3 is 2.33 bits per heavy atom. The molecule has 0 radical (unpaired) electrons. The van der Waals surface area contributed by atoms with Crippen molar-refractivity contribution in [2.75, 3.05) is 37.2 Å². The average Bonchev–Trinajstić information content (AvgIpc) is 2.68. The lowest BCUT2D eigenvalue weighted by atomic mass is 10.3. The number of hydrogen-bond donors (Lipinski definition) is 1. The first kappa shape index (κ1) is 24.9. The third-order valence-electron chi connectivity index (χ3n) is 4.47. The molecule has 2 rings (SSSR count). The van der Waals surface area contributed by atoms with Gasteiger partial charge in [-0.2, -0.15) is 0 Å². The highest BCUT2D eigenvalue weighted by Crippen LogP contribution is 2.30. The van der Waals surface area contributed by atoms with Gasteiger partial charge >= 0.3 is 0 Å². The molecule has 0 aromatic heterocycles. The Labute approximate surface area is 191 Å². The zero-order valence-corrected chi connectivity index (χ0v) is 20.8. The third kappa shape index (κ3) is 6.34. The van der Waals surface area contributed by atoms with Crippen molar-refractivity contribution in [3.8, 4) is 5.75 Å². The molecule has 7 nitrogen and oxygen atoms in total. The van der Waals surface area contributed by atoms with E-state index < -0.39 is 19.9 Å². The maximum absolute atomic E-state index is 12.9. The van der Waals surface area contributed by atoms with Crippen LogP contribution in [0.3, 0.4) is 0 Å². The minimum Gasteiger partial charge on any atom is -0.495 e. The smallest absolute Gasteiger partial charge is 0.265 e. The molecule has 0 amide bonds. The molecular formula is C19H24BrClN2O5S2. The molecule has 1 N–H and O–H groups in total. The number of ether oxygens (including phenoxy) is 1. The Morgan fingerprint density at radius 1 is 1.07 bits per heavy atom. The molecule has 0 atom stereocenters. The topological polar surface area (TPSA) is 92.8 Å². The van der Waals surface area contributed by atoms with Gasteiger partial charge in [0.2, 0.25) is 0 Å². The number of hydrogen-bond acceptors (Lipinski definition) is 6. The molecule has 0 fully saturated rings. The van der Waals surface area contributed by atoms with Crippen LogP contribution >= 0.6 is 27.5 Å². The molecule has 0 spiro atoms. The van der Waals surface area contributed by atoms with Crippen molar-refractivity contribution in [3.05, 3.63) is 45.9 Å². The average molecular weight is 540 g/mol. The third-order valence-corrected chi connectivity index (χ3v) is 8.26. The number of anilines is 1. The number of sulfonamides is 1. The standard InChI is InChI=1S/C19H24BrClN2O5S2/c1-4-23(5-2)8-9-29(24,25)17-12-15(21)11-16(13-17)22-30(26,27)19-10-14(20)6-7-18(19)28-3/h6-7,10-13,22H,4-5,8-9H2,1-3H3. The number of rotatable bonds is 10. The minimum atomic E-state index is -4.06. The normalized spacial score (nSPS) is 12.2. The van der Waals surface area contributed by atoms with Gasteiger partial charge in [-0.1, -0.05) is 41.4 Å². The Hall–Kier alpha value is -1.33. The molecule has 0 aliphatic carbocycles. The summed E-state index contributed by atoms with van der Waals surface area (Å²) in [7, 11) is -6.35. The van der Waals surface area contributed by atoms with Crippen LogP contribution in [0.4, 0.5) is 5.69 Å². The number of sulfone groups is 1. The quantitative estimate of drug-likeness (QED) is 0.490. The van der Waals surface area contributed by atoms with Gasteiger partial charge in [0.15, 0.2) is 9.84 Å². The van der Waals surface area contributed by atoms with Gasteiger partial charge in [-0.05, 0) is 49.5 Å². The Bertz CT molecular complexity index is 1100. The van der Waals surface area contributed by atoms with Gasteiger partial charge in [0.05, 0.1) is 23.4 Å². The molecule has 0 saturated heterocycles. The molecule has 0 unspecified atom stereocenters. The largest absolute Gasteiger partial charge is 0.495 e. The Morgan fingerprint density at radius 2 is 1.73 bits per heavy atom. The fourth-order valence-electron chi connectivity index (χ4n) is 2.78. The molecule has 0 bridgehead atoms. The van der Waals surface area contributed by atoms with E-state index in [1.807, 2.05) is 18.7 Å². The van der Waals surface area contributed by atoms with E-state index in [0.29, 0.717) is 11.0 Å². The highest BCUT2D eigenvalue weighted by Gasteiger charge is 2.22. The van der Waals surface area contributed by atoms with E-state index in [0.717, 1.165) is 13.1 Å². The lowest BCUT2D eigenvalue weighted by Gasteiger charge is -2.18. The number of halogens is 2. The summed E-state index contributed by atoms with van der Waals surface area (Å²) in [4.78, 5) is 1.86. The lowest BCUT2D eigenvalue weighted by Crippen LogP contribution is -2.29. The zero-order valence-electron chi connectivity index (χ0n) is 16.9. The van der Waals surface area contributed by atoms with Crippen molar-refractivity contribution in [3.63, 3.8) is 0 Å². The zero-order chi connectivity index (χ0) is 22.5. The summed E-state index contributed by atoms with van der Waals surface area (Å²) in [6.45, 7) is 5.76. The van der Waals surface area contributed by atoms with E-state index in [4.69, 9.17) is 16.3 Å². The predicted molar refractivity (Wildman–Crippen MR) is 123 cm³/mol. The van der Waals surface area contributed by atoms with Crippen LogP contribution in [0.15, 0.2) is 50.7 Å². The van der Waals surface area contributed by atoms with Gasteiger partial charge < -0.3 is 9.64 Å². The number of nitrogens with one attached hydrogen (secondary N) is 1. The molecule has 0 saturated carbocycles. The first-order valence-electron chi connectivity index (χ1n) is 9.14. The molecular weight excluding hydrogens is 516 g/mol. The lowest BCUT2D eigenvalue weighted by molar-refractivity contribution is 0.321. The van der Waals surface area contributed by atoms with Crippen LogP contribution in [-0.4, -0.2) is 54.2 Å². The first-order chi connectivity index (χ1) is 14.0. The van der Waals surface area contributed by atoms with Gasteiger partial charge in [0.1, 0.15) is 10.6 Å². The van der Waals surface area contributed by atoms with E-state index in [-0.39, 0.29) is 32.0 Å². The number of methoxy groups -OCH3 is 1. The summed E-state index contributed by atoms with van der Waals surface area (Å²) in [5, 5.41) is 0.109. The van der Waals surface area contributed by atoms with Gasteiger partial charge in [-0.25, -0.2) is 16.8 Å². The van der Waals surface area contributed by atoms with E-state index in [2.05, 4.69) is 20.7 Å². The van der Waals surface area contributed by atoms with Crippen molar-refractivity contribution >= 4 is 53.1 Å². The maximum atomic E-state index is 12.9. The second-order valence-electron chi connectivity index (χ2n) is 6.42. The highest BCUT2D eigenvalue weighted by molar-refractivity contribution is 9.10. The van der Waals surface area contributed by atoms with Crippen LogP contribution in [0.1, 0.15) is 13.8 Å².